The van der Waals surface area contributed by atoms with Crippen LogP contribution in [-0.4, -0.2) is 70.7 Å². The van der Waals surface area contributed by atoms with Gasteiger partial charge in [0.25, 0.3) is 0 Å². The number of carbonyl (C=O) groups excluding carboxylic acids is 2. The Morgan fingerprint density at radius 2 is 2.19 bits per heavy atom. The monoisotopic (exact) mass is 292 g/mol. The molecule has 112 valence electrons. The number of hydrogen-bond donors (Lipinski definition) is 0. The number of cyclic esters (lactones) is 1. The molecule has 1 aromatic rings. The van der Waals surface area contributed by atoms with Crippen LogP contribution in [0.5, 0.6) is 6.01 Å². The summed E-state index contributed by atoms with van der Waals surface area (Å²) in [4.78, 5) is 34.6. The molecule has 0 spiro atoms. The first kappa shape index (κ1) is 13.6. The van der Waals surface area contributed by atoms with E-state index >= 15 is 0 Å². The van der Waals surface area contributed by atoms with Crippen LogP contribution in [0.2, 0.25) is 0 Å². The zero-order valence-corrected chi connectivity index (χ0v) is 11.5. The van der Waals surface area contributed by atoms with Gasteiger partial charge in [-0.3, -0.25) is 9.69 Å². The summed E-state index contributed by atoms with van der Waals surface area (Å²) in [5.74, 6) is -0.0890. The minimum Gasteiger partial charge on any atom is -0.458 e. The fraction of sp³-hybridized carbons (Fsp3) is 0.538. The fourth-order valence-corrected chi connectivity index (χ4v) is 2.38. The van der Waals surface area contributed by atoms with Gasteiger partial charge in [-0.15, -0.1) is 0 Å². The van der Waals surface area contributed by atoms with Crippen LogP contribution in [0.15, 0.2) is 18.5 Å². The molecule has 2 aliphatic rings. The van der Waals surface area contributed by atoms with E-state index in [1.54, 1.807) is 23.4 Å². The van der Waals surface area contributed by atoms with Gasteiger partial charge in [0, 0.05) is 25.4 Å². The summed E-state index contributed by atoms with van der Waals surface area (Å²) >= 11 is 0. The topological polar surface area (TPSA) is 84.9 Å². The lowest BCUT2D eigenvalue weighted by atomic mass is 10.3. The summed E-state index contributed by atoms with van der Waals surface area (Å²) < 4.78 is 10.4. The maximum Gasteiger partial charge on any atom is 0.410 e. The third-order valence-corrected chi connectivity index (χ3v) is 3.48. The molecule has 1 aromatic heterocycles. The van der Waals surface area contributed by atoms with Gasteiger partial charge in [0.15, 0.2) is 0 Å². The van der Waals surface area contributed by atoms with Crippen LogP contribution in [0.3, 0.4) is 0 Å². The molecule has 0 bridgehead atoms. The van der Waals surface area contributed by atoms with Crippen molar-refractivity contribution >= 4 is 12.0 Å². The van der Waals surface area contributed by atoms with E-state index in [2.05, 4.69) is 9.97 Å². The number of aromatic nitrogens is 2. The number of rotatable bonds is 4. The Labute approximate surface area is 121 Å². The molecule has 0 saturated carbocycles. The fourth-order valence-electron chi connectivity index (χ4n) is 2.38. The average molecular weight is 292 g/mol. The van der Waals surface area contributed by atoms with Crippen molar-refractivity contribution in [3.05, 3.63) is 18.5 Å². The maximum atomic E-state index is 12.1. The Bertz CT molecular complexity index is 524. The van der Waals surface area contributed by atoms with Crippen molar-refractivity contribution in [2.24, 2.45) is 0 Å². The lowest BCUT2D eigenvalue weighted by Crippen LogP contribution is -2.40. The first-order valence-corrected chi connectivity index (χ1v) is 6.85. The molecule has 0 N–H and O–H groups in total. The van der Waals surface area contributed by atoms with Crippen molar-refractivity contribution < 1.29 is 19.1 Å². The van der Waals surface area contributed by atoms with Crippen LogP contribution < -0.4 is 4.74 Å². The van der Waals surface area contributed by atoms with Crippen LogP contribution in [0, 0.1) is 0 Å². The van der Waals surface area contributed by atoms with Crippen molar-refractivity contribution in [1.82, 2.24) is 19.8 Å². The van der Waals surface area contributed by atoms with Crippen LogP contribution >= 0.6 is 0 Å². The Hall–Kier alpha value is -2.38. The second-order valence-corrected chi connectivity index (χ2v) is 4.94. The number of likely N-dealkylation sites (tertiary alicyclic amines) is 1. The Morgan fingerprint density at radius 3 is 2.90 bits per heavy atom. The first-order valence-electron chi connectivity index (χ1n) is 6.85. The standard InChI is InChI=1S/C13H16N4O4/c18-11(9-17-6-7-20-13(17)19)16-5-2-10(8-16)21-12-14-3-1-4-15-12/h1,3-4,10H,2,5-9H2/t10-/m0/s1. The van der Waals surface area contributed by atoms with Crippen LogP contribution in [0.1, 0.15) is 6.42 Å². The lowest BCUT2D eigenvalue weighted by molar-refractivity contribution is -0.130. The van der Waals surface area contributed by atoms with Crippen LogP contribution in [-0.2, 0) is 9.53 Å². The van der Waals surface area contributed by atoms with Gasteiger partial charge in [-0.25, -0.2) is 14.8 Å². The Kier molecular flexibility index (Phi) is 3.85. The normalized spacial score (nSPS) is 21.5. The summed E-state index contributed by atoms with van der Waals surface area (Å²) in [7, 11) is 0. The summed E-state index contributed by atoms with van der Waals surface area (Å²) in [6, 6.07) is 2.03. The molecule has 8 nitrogen and oxygen atoms in total. The molecule has 0 radical (unpaired) electrons. The summed E-state index contributed by atoms with van der Waals surface area (Å²) in [5.41, 5.74) is 0. The number of nitrogens with zero attached hydrogens (tertiary/aromatic N) is 4. The van der Waals surface area contributed by atoms with E-state index in [-0.39, 0.29) is 18.6 Å². The van der Waals surface area contributed by atoms with Crippen molar-refractivity contribution in [1.29, 1.82) is 0 Å². The average Bonchev–Trinajstić information content (AvgIpc) is 3.10. The first-order chi connectivity index (χ1) is 10.2. The van der Waals surface area contributed by atoms with Crippen molar-refractivity contribution in [2.45, 2.75) is 12.5 Å². The summed E-state index contributed by atoms with van der Waals surface area (Å²) in [6.07, 6.45) is 3.42. The van der Waals surface area contributed by atoms with Gasteiger partial charge in [0.05, 0.1) is 13.1 Å². The molecule has 21 heavy (non-hydrogen) atoms. The number of ether oxygens (including phenoxy) is 2. The smallest absolute Gasteiger partial charge is 0.410 e. The molecular formula is C13H16N4O4. The summed E-state index contributed by atoms with van der Waals surface area (Å²) in [5, 5.41) is 0. The van der Waals surface area contributed by atoms with Gasteiger partial charge in [-0.1, -0.05) is 0 Å². The number of amides is 2. The number of carbonyl (C=O) groups is 2. The number of hydrogen-bond acceptors (Lipinski definition) is 6. The van der Waals surface area contributed by atoms with Crippen molar-refractivity contribution in [3.8, 4) is 6.01 Å². The van der Waals surface area contributed by atoms with Crippen LogP contribution in [0.4, 0.5) is 4.79 Å². The molecule has 2 fully saturated rings. The third-order valence-electron chi connectivity index (χ3n) is 3.48. The third kappa shape index (κ3) is 3.21. The second-order valence-electron chi connectivity index (χ2n) is 4.94. The van der Waals surface area contributed by atoms with Gasteiger partial charge in [0.2, 0.25) is 5.91 Å². The highest BCUT2D eigenvalue weighted by Crippen LogP contribution is 2.15. The molecule has 1 atom stereocenters. The highest BCUT2D eigenvalue weighted by Gasteiger charge is 2.31. The van der Waals surface area contributed by atoms with E-state index < -0.39 is 6.09 Å². The second kappa shape index (κ2) is 5.94. The summed E-state index contributed by atoms with van der Waals surface area (Å²) in [6.45, 7) is 1.98. The minimum absolute atomic E-state index is 0.0629. The molecule has 3 rings (SSSR count). The molecule has 2 amide bonds. The van der Waals surface area contributed by atoms with Crippen molar-refractivity contribution in [2.75, 3.05) is 32.8 Å². The Balaban J connectivity index is 1.50. The van der Waals surface area contributed by atoms with Gasteiger partial charge in [0.1, 0.15) is 19.3 Å². The van der Waals surface area contributed by atoms with E-state index in [0.717, 1.165) is 6.42 Å². The molecule has 0 aliphatic carbocycles. The molecule has 3 heterocycles. The predicted molar refractivity (Wildman–Crippen MR) is 70.6 cm³/mol. The Morgan fingerprint density at radius 1 is 1.38 bits per heavy atom. The van der Waals surface area contributed by atoms with Gasteiger partial charge in [-0.05, 0) is 6.07 Å². The van der Waals surface area contributed by atoms with Gasteiger partial charge < -0.3 is 14.4 Å². The molecule has 2 saturated heterocycles. The van der Waals surface area contributed by atoms with Crippen molar-refractivity contribution in [3.63, 3.8) is 0 Å². The molecule has 0 unspecified atom stereocenters. The predicted octanol–water partition coefficient (Wildman–Crippen LogP) is -0.0915. The van der Waals surface area contributed by atoms with E-state index in [9.17, 15) is 9.59 Å². The maximum absolute atomic E-state index is 12.1. The highest BCUT2D eigenvalue weighted by atomic mass is 16.6. The SMILES string of the molecule is O=C(CN1CCOC1=O)N1CC[C@H](Oc2ncccn2)C1. The molecule has 8 heteroatoms. The largest absolute Gasteiger partial charge is 0.458 e. The van der Waals surface area contributed by atoms with Gasteiger partial charge >= 0.3 is 12.1 Å². The minimum atomic E-state index is -0.423. The highest BCUT2D eigenvalue weighted by molar-refractivity contribution is 5.83. The zero-order chi connectivity index (χ0) is 14.7. The van der Waals surface area contributed by atoms with Gasteiger partial charge in [-0.2, -0.15) is 0 Å². The van der Waals surface area contributed by atoms with Crippen LogP contribution in [0.25, 0.3) is 0 Å². The quantitative estimate of drug-likeness (QED) is 0.771. The van der Waals surface area contributed by atoms with E-state index in [4.69, 9.17) is 9.47 Å². The molecular weight excluding hydrogens is 276 g/mol. The molecule has 2 aliphatic heterocycles. The van der Waals surface area contributed by atoms with E-state index in [0.29, 0.717) is 32.3 Å². The zero-order valence-electron chi connectivity index (χ0n) is 11.5. The lowest BCUT2D eigenvalue weighted by Gasteiger charge is -2.19. The van der Waals surface area contributed by atoms with E-state index in [1.165, 1.54) is 4.90 Å². The van der Waals surface area contributed by atoms with E-state index in [1.807, 2.05) is 0 Å². The molecule has 0 aromatic carbocycles.